The Morgan fingerprint density at radius 2 is 1.56 bits per heavy atom. The van der Waals surface area contributed by atoms with Gasteiger partial charge in [-0.1, -0.05) is 77.5 Å². The van der Waals surface area contributed by atoms with Crippen LogP contribution in [0.1, 0.15) is 52.1 Å². The first-order valence-electron chi connectivity index (χ1n) is 17.5. The molecule has 2 heterocycles. The molecule has 5 atom stereocenters. The van der Waals surface area contributed by atoms with Crippen LogP contribution in [0.4, 0.5) is 5.69 Å². The number of hydrogen-bond donors (Lipinski definition) is 0. The molecule has 5 aromatic rings. The molecule has 9 heteroatoms. The molecule has 2 amide bonds. The van der Waals surface area contributed by atoms with E-state index in [1.807, 2.05) is 61.5 Å². The Balaban J connectivity index is 1.04. The summed E-state index contributed by atoms with van der Waals surface area (Å²) in [5.41, 5.74) is 5.01. The van der Waals surface area contributed by atoms with E-state index in [9.17, 15) is 19.2 Å². The second-order valence-corrected chi connectivity index (χ2v) is 14.6. The average molecular weight is 756 g/mol. The van der Waals surface area contributed by atoms with E-state index in [4.69, 9.17) is 14.5 Å². The van der Waals surface area contributed by atoms with Crippen LogP contribution in [0.25, 0.3) is 22.2 Å². The third-order valence-corrected chi connectivity index (χ3v) is 10.9. The first-order valence-corrected chi connectivity index (χ1v) is 18.3. The van der Waals surface area contributed by atoms with Crippen LogP contribution in [-0.4, -0.2) is 34.7 Å². The maximum absolute atomic E-state index is 13.9. The molecule has 1 saturated carbocycles. The number of Topliss-reactive ketones (excluding diaryl/α,β-unsaturated/α-hetero) is 1. The van der Waals surface area contributed by atoms with Crippen molar-refractivity contribution in [1.29, 1.82) is 0 Å². The van der Waals surface area contributed by atoms with E-state index in [1.165, 1.54) is 4.90 Å². The number of benzene rings is 4. The minimum absolute atomic E-state index is 0.131. The summed E-state index contributed by atoms with van der Waals surface area (Å²) in [4.78, 5) is 60.4. The van der Waals surface area contributed by atoms with Crippen molar-refractivity contribution in [1.82, 2.24) is 4.98 Å². The Hall–Kier alpha value is -5.41. The number of nitrogens with zero attached hydrogens (tertiary/aromatic N) is 2. The van der Waals surface area contributed by atoms with E-state index in [-0.39, 0.29) is 46.8 Å². The van der Waals surface area contributed by atoms with Gasteiger partial charge in [0.15, 0.2) is 6.10 Å². The fourth-order valence-electron chi connectivity index (χ4n) is 7.85. The lowest BCUT2D eigenvalue weighted by Crippen LogP contribution is -2.32. The summed E-state index contributed by atoms with van der Waals surface area (Å²) in [6.45, 7) is 3.98. The minimum atomic E-state index is -1.06. The molecule has 5 unspecified atom stereocenters. The van der Waals surface area contributed by atoms with E-state index in [1.54, 1.807) is 49.4 Å². The van der Waals surface area contributed by atoms with Gasteiger partial charge in [0.05, 0.1) is 34.3 Å². The number of aromatic nitrogens is 1. The molecule has 260 valence electrons. The number of allylic oxidation sites excluding steroid dienone is 2. The predicted molar refractivity (Wildman–Crippen MR) is 201 cm³/mol. The van der Waals surface area contributed by atoms with Gasteiger partial charge in [-0.25, -0.2) is 9.78 Å². The molecule has 52 heavy (non-hydrogen) atoms. The van der Waals surface area contributed by atoms with Crippen molar-refractivity contribution in [3.8, 4) is 17.0 Å². The Kier molecular flexibility index (Phi) is 8.83. The topological polar surface area (TPSA) is 103 Å². The highest BCUT2D eigenvalue weighted by molar-refractivity contribution is 9.10. The number of anilines is 1. The quantitative estimate of drug-likeness (QED) is 0.0610. The molecule has 8 rings (SSSR count). The molecule has 2 aliphatic carbocycles. The van der Waals surface area contributed by atoms with Gasteiger partial charge >= 0.3 is 5.97 Å². The molecule has 3 aliphatic rings. The van der Waals surface area contributed by atoms with Crippen molar-refractivity contribution in [2.24, 2.45) is 23.7 Å². The number of carbonyl (C=O) groups is 4. The second-order valence-electron chi connectivity index (χ2n) is 13.6. The van der Waals surface area contributed by atoms with Gasteiger partial charge in [0.1, 0.15) is 12.4 Å². The van der Waals surface area contributed by atoms with E-state index >= 15 is 0 Å². The number of imide groups is 1. The van der Waals surface area contributed by atoms with E-state index in [0.717, 1.165) is 22.0 Å². The Bertz CT molecular complexity index is 2240. The molecule has 4 aromatic carbocycles. The van der Waals surface area contributed by atoms with Gasteiger partial charge in [0.25, 0.3) is 0 Å². The average Bonchev–Trinajstić information content (AvgIpc) is 3.86. The van der Waals surface area contributed by atoms with Crippen molar-refractivity contribution < 1.29 is 28.7 Å². The number of hydrogen-bond acceptors (Lipinski definition) is 7. The summed E-state index contributed by atoms with van der Waals surface area (Å²) in [7, 11) is 0. The fourth-order valence-corrected chi connectivity index (χ4v) is 8.36. The molecular formula is C43H35BrN2O6. The van der Waals surface area contributed by atoms with Crippen LogP contribution in [0.2, 0.25) is 0 Å². The number of ketones is 1. The molecule has 2 fully saturated rings. The van der Waals surface area contributed by atoms with Gasteiger partial charge in [0.2, 0.25) is 17.6 Å². The van der Waals surface area contributed by atoms with Gasteiger partial charge in [-0.2, -0.15) is 0 Å². The minimum Gasteiger partial charge on any atom is -0.489 e. The molecule has 1 aliphatic heterocycles. The Labute approximate surface area is 309 Å². The number of fused-ring (bicyclic) bond motifs is 6. The lowest BCUT2D eigenvalue weighted by atomic mass is 9.85. The van der Waals surface area contributed by atoms with Crippen molar-refractivity contribution in [3.05, 3.63) is 136 Å². The molecule has 0 radical (unpaired) electrons. The lowest BCUT2D eigenvalue weighted by Gasteiger charge is -2.18. The van der Waals surface area contributed by atoms with Crippen LogP contribution in [0.15, 0.2) is 114 Å². The van der Waals surface area contributed by atoms with Crippen LogP contribution in [0.5, 0.6) is 5.75 Å². The van der Waals surface area contributed by atoms with Crippen LogP contribution < -0.4 is 9.64 Å². The molecule has 0 spiro atoms. The van der Waals surface area contributed by atoms with E-state index in [2.05, 4.69) is 28.1 Å². The smallest absolute Gasteiger partial charge is 0.339 e. The SMILES string of the molecule is CCc1cc(Br)cc2c(C(=O)OC(C)C(=O)c3ccc(OCc4ccccc4)cc3)cc(-c3ccc(N4C(=O)C5C6C=CC(C6)C5C4=O)cc3)nc12. The number of pyridine rings is 1. The number of halogens is 1. The summed E-state index contributed by atoms with van der Waals surface area (Å²) in [6, 6.07) is 29.2. The zero-order valence-corrected chi connectivity index (χ0v) is 30.2. The third kappa shape index (κ3) is 6.02. The summed E-state index contributed by atoms with van der Waals surface area (Å²) < 4.78 is 12.5. The zero-order valence-electron chi connectivity index (χ0n) is 28.6. The molecular weight excluding hydrogens is 720 g/mol. The fraction of sp³-hybridized carbons (Fsp3) is 0.233. The van der Waals surface area contributed by atoms with Crippen molar-refractivity contribution in [2.45, 2.75) is 39.4 Å². The van der Waals surface area contributed by atoms with Crippen molar-refractivity contribution in [2.75, 3.05) is 4.90 Å². The van der Waals surface area contributed by atoms with Crippen LogP contribution in [0.3, 0.4) is 0 Å². The number of amides is 2. The molecule has 2 bridgehead atoms. The Morgan fingerprint density at radius 3 is 2.21 bits per heavy atom. The van der Waals surface area contributed by atoms with E-state index in [0.29, 0.717) is 52.2 Å². The molecule has 0 N–H and O–H groups in total. The Morgan fingerprint density at radius 1 is 0.885 bits per heavy atom. The molecule has 1 aromatic heterocycles. The van der Waals surface area contributed by atoms with Crippen molar-refractivity contribution >= 4 is 56.1 Å². The summed E-state index contributed by atoms with van der Waals surface area (Å²) in [5, 5.41) is 0.596. The largest absolute Gasteiger partial charge is 0.489 e. The van der Waals surface area contributed by atoms with Gasteiger partial charge in [-0.05, 0) is 97.3 Å². The van der Waals surface area contributed by atoms with Gasteiger partial charge in [0, 0.05) is 21.0 Å². The predicted octanol–water partition coefficient (Wildman–Crippen LogP) is 8.55. The normalized spacial score (nSPS) is 20.7. The highest BCUT2D eigenvalue weighted by atomic mass is 79.9. The van der Waals surface area contributed by atoms with Gasteiger partial charge in [-0.15, -0.1) is 0 Å². The molecule has 1 saturated heterocycles. The van der Waals surface area contributed by atoms with Gasteiger partial charge < -0.3 is 9.47 Å². The van der Waals surface area contributed by atoms with Crippen LogP contribution >= 0.6 is 15.9 Å². The van der Waals surface area contributed by atoms with Crippen molar-refractivity contribution in [3.63, 3.8) is 0 Å². The first kappa shape index (κ1) is 33.7. The maximum atomic E-state index is 13.9. The number of carbonyl (C=O) groups excluding carboxylic acids is 4. The summed E-state index contributed by atoms with van der Waals surface area (Å²) >= 11 is 3.58. The third-order valence-electron chi connectivity index (χ3n) is 10.5. The number of aryl methyl sites for hydroxylation is 1. The molecule has 8 nitrogen and oxygen atoms in total. The van der Waals surface area contributed by atoms with Crippen LogP contribution in [-0.2, 0) is 27.4 Å². The number of esters is 1. The van der Waals surface area contributed by atoms with E-state index < -0.39 is 12.1 Å². The summed E-state index contributed by atoms with van der Waals surface area (Å²) in [5.74, 6) is -0.946. The highest BCUT2D eigenvalue weighted by Gasteiger charge is 2.59. The monoisotopic (exact) mass is 754 g/mol. The van der Waals surface area contributed by atoms with Crippen LogP contribution in [0, 0.1) is 23.7 Å². The summed E-state index contributed by atoms with van der Waals surface area (Å²) in [6.07, 6.45) is 4.64. The second kappa shape index (κ2) is 13.6. The zero-order chi connectivity index (χ0) is 36.1. The standard InChI is InChI=1S/C43H35BrN2O6/c1-3-26-20-31(44)21-34-35(43(50)52-24(2)40(47)28-13-17-33(18-14-28)51-23-25-7-5-4-6-8-25)22-36(45-39(26)34)27-11-15-32(16-12-27)46-41(48)37-29-9-10-30(19-29)38(37)42(46)49/h4-18,20-22,24,29-30,37-38H,3,19,23H2,1-2H3. The highest BCUT2D eigenvalue weighted by Crippen LogP contribution is 2.53. The first-order chi connectivity index (χ1) is 25.2. The number of rotatable bonds is 10. The maximum Gasteiger partial charge on any atom is 0.339 e. The lowest BCUT2D eigenvalue weighted by molar-refractivity contribution is -0.123. The number of ether oxygens (including phenoxy) is 2. The van der Waals surface area contributed by atoms with Gasteiger partial charge in [-0.3, -0.25) is 19.3 Å².